The maximum atomic E-state index is 14.0. The van der Waals surface area contributed by atoms with Gasteiger partial charge in [0, 0.05) is 6.21 Å². The van der Waals surface area contributed by atoms with E-state index in [1.54, 1.807) is 0 Å². The van der Waals surface area contributed by atoms with Gasteiger partial charge >= 0.3 is 12.1 Å². The second kappa shape index (κ2) is 7.16. The number of rotatable bonds is 5. The highest BCUT2D eigenvalue weighted by atomic mass is 19.4. The predicted molar refractivity (Wildman–Crippen MR) is 79.6 cm³/mol. The quantitative estimate of drug-likeness (QED) is 0.255. The second-order valence-corrected chi connectivity index (χ2v) is 5.79. The molecule has 2 aliphatic rings. The summed E-state index contributed by atoms with van der Waals surface area (Å²) < 4.78 is 84.4. The van der Waals surface area contributed by atoms with E-state index in [1.807, 2.05) is 0 Å². The summed E-state index contributed by atoms with van der Waals surface area (Å²) >= 11 is 0. The van der Waals surface area contributed by atoms with E-state index in [0.717, 1.165) is 19.1 Å². The summed E-state index contributed by atoms with van der Waals surface area (Å²) in [5, 5.41) is 10.1. The standard InChI is InChI=1S/C16H15F6NO3/c1-2-26-14(25)9(7-23-8-3-4-8)13(24)12-10(17)5-15(19,6-11(12)18)16(20,21)22/h5-8,12,24H,2-4H2,1H3. The van der Waals surface area contributed by atoms with Crippen LogP contribution >= 0.6 is 0 Å². The zero-order valence-corrected chi connectivity index (χ0v) is 13.5. The Morgan fingerprint density at radius 2 is 1.88 bits per heavy atom. The van der Waals surface area contributed by atoms with Crippen LogP contribution in [0.2, 0.25) is 0 Å². The summed E-state index contributed by atoms with van der Waals surface area (Å²) in [6.07, 6.45) is -4.28. The average Bonchev–Trinajstić information content (AvgIpc) is 3.29. The van der Waals surface area contributed by atoms with Crippen molar-refractivity contribution in [3.05, 3.63) is 35.1 Å². The van der Waals surface area contributed by atoms with Crippen molar-refractivity contribution >= 4 is 12.2 Å². The Morgan fingerprint density at radius 1 is 1.35 bits per heavy atom. The number of aliphatic hydroxyl groups is 1. The van der Waals surface area contributed by atoms with Crippen molar-refractivity contribution in [1.82, 2.24) is 0 Å². The number of hydrogen-bond acceptors (Lipinski definition) is 4. The number of hydrogen-bond donors (Lipinski definition) is 1. The number of allylic oxidation sites excluding steroid dienone is 3. The third kappa shape index (κ3) is 4.10. The highest BCUT2D eigenvalue weighted by Crippen LogP contribution is 2.45. The van der Waals surface area contributed by atoms with Crippen LogP contribution in [0.4, 0.5) is 26.3 Å². The van der Waals surface area contributed by atoms with Crippen LogP contribution in [0.25, 0.3) is 0 Å². The average molecular weight is 383 g/mol. The molecule has 144 valence electrons. The fourth-order valence-corrected chi connectivity index (χ4v) is 2.16. The van der Waals surface area contributed by atoms with Gasteiger partial charge in [0.15, 0.2) is 0 Å². The van der Waals surface area contributed by atoms with Crippen LogP contribution in [0.3, 0.4) is 0 Å². The van der Waals surface area contributed by atoms with Gasteiger partial charge < -0.3 is 9.84 Å². The number of carbonyl (C=O) groups excluding carboxylic acids is 1. The molecule has 0 spiro atoms. The first kappa shape index (κ1) is 20.1. The van der Waals surface area contributed by atoms with Crippen molar-refractivity contribution in [3.8, 4) is 0 Å². The molecule has 2 rings (SSSR count). The minimum absolute atomic E-state index is 0.122. The summed E-state index contributed by atoms with van der Waals surface area (Å²) in [4.78, 5) is 15.8. The summed E-state index contributed by atoms with van der Waals surface area (Å²) in [5.74, 6) is -8.65. The SMILES string of the molecule is CCOC(=O)C(C=NC1CC1)=C(O)C1C(F)=CC(F)(C(F)(F)F)C=C1F. The van der Waals surface area contributed by atoms with Crippen molar-refractivity contribution in [2.45, 2.75) is 37.7 Å². The van der Waals surface area contributed by atoms with Crippen LogP contribution in [-0.2, 0) is 9.53 Å². The van der Waals surface area contributed by atoms with Crippen molar-refractivity contribution < 1.29 is 41.0 Å². The second-order valence-electron chi connectivity index (χ2n) is 5.79. The number of halogens is 6. The van der Waals surface area contributed by atoms with Crippen LogP contribution in [0, 0.1) is 5.92 Å². The van der Waals surface area contributed by atoms with E-state index in [9.17, 15) is 36.2 Å². The molecule has 0 amide bonds. The Kier molecular flexibility index (Phi) is 5.52. The van der Waals surface area contributed by atoms with Crippen molar-refractivity contribution in [2.75, 3.05) is 6.61 Å². The number of aliphatic hydroxyl groups excluding tert-OH is 1. The Morgan fingerprint density at radius 3 is 2.31 bits per heavy atom. The van der Waals surface area contributed by atoms with Gasteiger partial charge in [-0.1, -0.05) is 0 Å². The molecule has 0 aromatic heterocycles. The van der Waals surface area contributed by atoms with Gasteiger partial charge in [-0.25, -0.2) is 18.0 Å². The Balaban J connectivity index is 2.45. The lowest BCUT2D eigenvalue weighted by Gasteiger charge is -2.27. The lowest BCUT2D eigenvalue weighted by molar-refractivity contribution is -0.196. The molecule has 0 aromatic rings. The highest BCUT2D eigenvalue weighted by Gasteiger charge is 2.56. The predicted octanol–water partition coefficient (Wildman–Crippen LogP) is 4.20. The van der Waals surface area contributed by atoms with Gasteiger partial charge in [0.2, 0.25) is 5.67 Å². The molecule has 0 heterocycles. The summed E-state index contributed by atoms with van der Waals surface area (Å²) in [6, 6.07) is -0.122. The van der Waals surface area contributed by atoms with Crippen LogP contribution in [0.5, 0.6) is 0 Å². The van der Waals surface area contributed by atoms with E-state index in [-0.39, 0.29) is 12.6 Å². The number of ether oxygens (including phenoxy) is 1. The lowest BCUT2D eigenvalue weighted by Crippen LogP contribution is -2.40. The molecule has 0 unspecified atom stereocenters. The first-order chi connectivity index (χ1) is 12.0. The van der Waals surface area contributed by atoms with Crippen molar-refractivity contribution in [1.29, 1.82) is 0 Å². The zero-order valence-electron chi connectivity index (χ0n) is 13.5. The monoisotopic (exact) mass is 383 g/mol. The molecule has 10 heteroatoms. The van der Waals surface area contributed by atoms with E-state index >= 15 is 0 Å². The molecule has 0 saturated heterocycles. The number of alkyl halides is 4. The Bertz CT molecular complexity index is 683. The van der Waals surface area contributed by atoms with Gasteiger partial charge in [-0.3, -0.25) is 4.99 Å². The summed E-state index contributed by atoms with van der Waals surface area (Å²) in [7, 11) is 0. The minimum Gasteiger partial charge on any atom is -0.510 e. The minimum atomic E-state index is -5.59. The molecule has 0 radical (unpaired) electrons. The van der Waals surface area contributed by atoms with Gasteiger partial charge in [-0.05, 0) is 31.9 Å². The van der Waals surface area contributed by atoms with E-state index in [0.29, 0.717) is 0 Å². The highest BCUT2D eigenvalue weighted by molar-refractivity contribution is 6.10. The summed E-state index contributed by atoms with van der Waals surface area (Å²) in [5.41, 5.74) is -5.07. The van der Waals surface area contributed by atoms with Crippen LogP contribution in [0.15, 0.2) is 40.1 Å². The number of aliphatic imine (C=N–C) groups is 1. The summed E-state index contributed by atoms with van der Waals surface area (Å²) in [6.45, 7) is 1.31. The van der Waals surface area contributed by atoms with Gasteiger partial charge in [-0.2, -0.15) is 13.2 Å². The van der Waals surface area contributed by atoms with E-state index < -0.39 is 58.9 Å². The first-order valence-corrected chi connectivity index (χ1v) is 7.65. The Hall–Kier alpha value is -2.26. The molecule has 26 heavy (non-hydrogen) atoms. The molecule has 2 aliphatic carbocycles. The maximum Gasteiger partial charge on any atom is 0.430 e. The third-order valence-electron chi connectivity index (χ3n) is 3.69. The molecule has 0 atom stereocenters. The van der Waals surface area contributed by atoms with Crippen molar-refractivity contribution in [3.63, 3.8) is 0 Å². The number of nitrogens with zero attached hydrogens (tertiary/aromatic N) is 1. The molecule has 1 fully saturated rings. The lowest BCUT2D eigenvalue weighted by atomic mass is 9.88. The van der Waals surface area contributed by atoms with Crippen molar-refractivity contribution in [2.24, 2.45) is 10.9 Å². The first-order valence-electron chi connectivity index (χ1n) is 7.65. The van der Waals surface area contributed by atoms with Crippen LogP contribution in [-0.4, -0.2) is 41.8 Å². The van der Waals surface area contributed by atoms with E-state index in [1.165, 1.54) is 6.92 Å². The van der Waals surface area contributed by atoms with Crippen LogP contribution in [0.1, 0.15) is 19.8 Å². The fourth-order valence-electron chi connectivity index (χ4n) is 2.16. The number of esters is 1. The molecule has 0 aliphatic heterocycles. The van der Waals surface area contributed by atoms with Gasteiger partial charge in [0.1, 0.15) is 28.9 Å². The zero-order chi connectivity index (χ0) is 19.7. The molecule has 0 aromatic carbocycles. The smallest absolute Gasteiger partial charge is 0.430 e. The number of carbonyl (C=O) groups is 1. The molecule has 4 nitrogen and oxygen atoms in total. The maximum absolute atomic E-state index is 14.0. The largest absolute Gasteiger partial charge is 0.510 e. The van der Waals surface area contributed by atoms with Crippen LogP contribution < -0.4 is 0 Å². The van der Waals surface area contributed by atoms with E-state index in [2.05, 4.69) is 9.73 Å². The van der Waals surface area contributed by atoms with Gasteiger partial charge in [0.05, 0.1) is 12.6 Å². The topological polar surface area (TPSA) is 58.9 Å². The van der Waals surface area contributed by atoms with Gasteiger partial charge in [0.25, 0.3) is 0 Å². The van der Waals surface area contributed by atoms with E-state index in [4.69, 9.17) is 0 Å². The normalized spacial score (nSPS) is 27.7. The third-order valence-corrected chi connectivity index (χ3v) is 3.69. The molecular formula is C16H15F6NO3. The molecule has 0 bridgehead atoms. The fraction of sp³-hybridized carbons (Fsp3) is 0.500. The Labute approximate surface area is 144 Å². The molecule has 1 saturated carbocycles. The molecule has 1 N–H and O–H groups in total. The van der Waals surface area contributed by atoms with Gasteiger partial charge in [-0.15, -0.1) is 0 Å². The molecular weight excluding hydrogens is 368 g/mol.